The van der Waals surface area contributed by atoms with Crippen molar-refractivity contribution in [3.63, 3.8) is 0 Å². The SMILES string of the molecule is NC(=S)CN1CCC(N2CCCS2(=O)=O)CC1. The highest BCUT2D eigenvalue weighted by Gasteiger charge is 2.35. The third kappa shape index (κ3) is 3.15. The fraction of sp³-hybridized carbons (Fsp3) is 0.900. The van der Waals surface area contributed by atoms with Crippen LogP contribution >= 0.6 is 12.2 Å². The Morgan fingerprint density at radius 1 is 1.29 bits per heavy atom. The van der Waals surface area contributed by atoms with E-state index in [2.05, 4.69) is 4.90 Å². The lowest BCUT2D eigenvalue weighted by Crippen LogP contribution is -2.47. The van der Waals surface area contributed by atoms with E-state index in [1.165, 1.54) is 0 Å². The van der Waals surface area contributed by atoms with E-state index in [9.17, 15) is 8.42 Å². The number of thiocarbonyl (C=S) groups is 1. The zero-order valence-electron chi connectivity index (χ0n) is 9.84. The molecule has 2 heterocycles. The molecule has 2 N–H and O–H groups in total. The molecule has 0 aromatic carbocycles. The van der Waals surface area contributed by atoms with Crippen LogP contribution in [0.2, 0.25) is 0 Å². The van der Waals surface area contributed by atoms with Gasteiger partial charge >= 0.3 is 0 Å². The van der Waals surface area contributed by atoms with Crippen LogP contribution in [0.1, 0.15) is 19.3 Å². The molecule has 2 aliphatic rings. The van der Waals surface area contributed by atoms with Gasteiger partial charge in [0.2, 0.25) is 10.0 Å². The van der Waals surface area contributed by atoms with Gasteiger partial charge in [0, 0.05) is 32.2 Å². The van der Waals surface area contributed by atoms with Gasteiger partial charge in [-0.2, -0.15) is 4.31 Å². The Balaban J connectivity index is 1.89. The van der Waals surface area contributed by atoms with Crippen LogP contribution in [-0.2, 0) is 10.0 Å². The van der Waals surface area contributed by atoms with E-state index < -0.39 is 10.0 Å². The molecule has 0 spiro atoms. The first-order chi connectivity index (χ1) is 7.99. The molecule has 0 amide bonds. The second-order valence-corrected chi connectivity index (χ2v) is 7.32. The summed E-state index contributed by atoms with van der Waals surface area (Å²) in [6.45, 7) is 3.11. The number of rotatable bonds is 3. The molecule has 0 bridgehead atoms. The van der Waals surface area contributed by atoms with Crippen LogP contribution in [0, 0.1) is 0 Å². The minimum Gasteiger partial charge on any atom is -0.392 e. The molecule has 2 saturated heterocycles. The summed E-state index contributed by atoms with van der Waals surface area (Å²) in [5.41, 5.74) is 5.51. The Bertz CT molecular complexity index is 388. The maximum Gasteiger partial charge on any atom is 0.214 e. The van der Waals surface area contributed by atoms with Gasteiger partial charge in [-0.25, -0.2) is 8.42 Å². The van der Waals surface area contributed by atoms with Crippen molar-refractivity contribution >= 4 is 27.2 Å². The third-order valence-corrected chi connectivity index (χ3v) is 5.61. The normalized spacial score (nSPS) is 27.3. The molecule has 0 aromatic rings. The van der Waals surface area contributed by atoms with Crippen LogP contribution in [0.4, 0.5) is 0 Å². The Morgan fingerprint density at radius 3 is 2.41 bits per heavy atom. The van der Waals surface area contributed by atoms with Crippen molar-refractivity contribution in [3.05, 3.63) is 0 Å². The minimum atomic E-state index is -2.96. The van der Waals surface area contributed by atoms with Gasteiger partial charge in [0.1, 0.15) is 0 Å². The highest BCUT2D eigenvalue weighted by molar-refractivity contribution is 7.89. The molecule has 0 atom stereocenters. The molecule has 0 aliphatic carbocycles. The van der Waals surface area contributed by atoms with Gasteiger partial charge in [-0.1, -0.05) is 12.2 Å². The van der Waals surface area contributed by atoms with Crippen LogP contribution in [0.25, 0.3) is 0 Å². The average Bonchev–Trinajstić information content (AvgIpc) is 2.58. The summed E-state index contributed by atoms with van der Waals surface area (Å²) in [5, 5.41) is 0. The van der Waals surface area contributed by atoms with Crippen LogP contribution in [0.15, 0.2) is 0 Å². The summed E-state index contributed by atoms with van der Waals surface area (Å²) in [4.78, 5) is 2.71. The highest BCUT2D eigenvalue weighted by Crippen LogP contribution is 2.24. The van der Waals surface area contributed by atoms with Gasteiger partial charge in [0.15, 0.2) is 0 Å². The fourth-order valence-corrected chi connectivity index (χ4v) is 4.64. The van der Waals surface area contributed by atoms with Crippen molar-refractivity contribution in [3.8, 4) is 0 Å². The molecule has 0 aromatic heterocycles. The number of nitrogens with two attached hydrogens (primary N) is 1. The van der Waals surface area contributed by atoms with E-state index in [1.54, 1.807) is 4.31 Å². The molecule has 0 unspecified atom stereocenters. The monoisotopic (exact) mass is 277 g/mol. The smallest absolute Gasteiger partial charge is 0.214 e. The zero-order valence-corrected chi connectivity index (χ0v) is 11.5. The average molecular weight is 277 g/mol. The summed E-state index contributed by atoms with van der Waals surface area (Å²) >= 11 is 4.88. The lowest BCUT2D eigenvalue weighted by molar-refractivity contribution is 0.179. The molecule has 2 aliphatic heterocycles. The van der Waals surface area contributed by atoms with Gasteiger partial charge in [-0.15, -0.1) is 0 Å². The van der Waals surface area contributed by atoms with Crippen molar-refractivity contribution in [1.29, 1.82) is 0 Å². The number of sulfonamides is 1. The third-order valence-electron chi connectivity index (χ3n) is 3.48. The number of nitrogens with zero attached hydrogens (tertiary/aromatic N) is 2. The van der Waals surface area contributed by atoms with Crippen LogP contribution in [0.3, 0.4) is 0 Å². The lowest BCUT2D eigenvalue weighted by Gasteiger charge is -2.35. The Hall–Kier alpha value is -0.240. The van der Waals surface area contributed by atoms with Gasteiger partial charge in [0.25, 0.3) is 0 Å². The summed E-state index contributed by atoms with van der Waals surface area (Å²) in [6.07, 6.45) is 2.55. The molecular weight excluding hydrogens is 258 g/mol. The molecular formula is C10H19N3O2S2. The van der Waals surface area contributed by atoms with E-state index >= 15 is 0 Å². The second-order valence-electron chi connectivity index (χ2n) is 4.75. The highest BCUT2D eigenvalue weighted by atomic mass is 32.2. The van der Waals surface area contributed by atoms with Crippen LogP contribution < -0.4 is 5.73 Å². The van der Waals surface area contributed by atoms with Crippen molar-refractivity contribution < 1.29 is 8.42 Å². The quantitative estimate of drug-likeness (QED) is 0.722. The summed E-state index contributed by atoms with van der Waals surface area (Å²) in [5.74, 6) is 0.320. The summed E-state index contributed by atoms with van der Waals surface area (Å²) < 4.78 is 25.3. The van der Waals surface area contributed by atoms with E-state index in [4.69, 9.17) is 18.0 Å². The van der Waals surface area contributed by atoms with Crippen LogP contribution in [0.5, 0.6) is 0 Å². The first-order valence-electron chi connectivity index (χ1n) is 5.99. The minimum absolute atomic E-state index is 0.185. The maximum absolute atomic E-state index is 11.8. The van der Waals surface area contributed by atoms with Gasteiger partial charge < -0.3 is 5.73 Å². The zero-order chi connectivity index (χ0) is 12.5. The van der Waals surface area contributed by atoms with Gasteiger partial charge in [-0.3, -0.25) is 4.90 Å². The number of likely N-dealkylation sites (tertiary alicyclic amines) is 1. The summed E-state index contributed by atoms with van der Waals surface area (Å²) in [7, 11) is -2.96. The maximum atomic E-state index is 11.8. The Labute approximate surface area is 108 Å². The molecule has 0 radical (unpaired) electrons. The van der Waals surface area contributed by atoms with Crippen molar-refractivity contribution in [2.75, 3.05) is 31.9 Å². The second kappa shape index (κ2) is 5.17. The molecule has 2 fully saturated rings. The topological polar surface area (TPSA) is 66.6 Å². The van der Waals surface area contributed by atoms with Crippen molar-refractivity contribution in [2.24, 2.45) is 5.73 Å². The first-order valence-corrected chi connectivity index (χ1v) is 8.01. The lowest BCUT2D eigenvalue weighted by atomic mass is 10.1. The number of hydrogen-bond donors (Lipinski definition) is 1. The first kappa shape index (κ1) is 13.2. The molecule has 5 nitrogen and oxygen atoms in total. The van der Waals surface area contributed by atoms with E-state index in [1.807, 2.05) is 0 Å². The molecule has 7 heteroatoms. The largest absolute Gasteiger partial charge is 0.392 e. The van der Waals surface area contributed by atoms with Gasteiger partial charge in [0.05, 0.1) is 10.7 Å². The molecule has 98 valence electrons. The fourth-order valence-electron chi connectivity index (χ4n) is 2.65. The molecule has 2 rings (SSSR count). The Kier molecular flexibility index (Phi) is 4.02. The Morgan fingerprint density at radius 2 is 1.94 bits per heavy atom. The van der Waals surface area contributed by atoms with E-state index in [0.29, 0.717) is 23.8 Å². The standard InChI is InChI=1S/C10H19N3O2S2/c11-10(16)8-12-5-2-9(3-6-12)13-4-1-7-17(13,14)15/h9H,1-8H2,(H2,11,16). The van der Waals surface area contributed by atoms with Crippen molar-refractivity contribution in [1.82, 2.24) is 9.21 Å². The van der Waals surface area contributed by atoms with E-state index in [-0.39, 0.29) is 6.04 Å². The van der Waals surface area contributed by atoms with E-state index in [0.717, 1.165) is 32.4 Å². The molecule has 17 heavy (non-hydrogen) atoms. The van der Waals surface area contributed by atoms with Crippen molar-refractivity contribution in [2.45, 2.75) is 25.3 Å². The predicted molar refractivity (Wildman–Crippen MR) is 71.4 cm³/mol. The van der Waals surface area contributed by atoms with Gasteiger partial charge in [-0.05, 0) is 19.3 Å². The molecule has 0 saturated carbocycles. The number of hydrogen-bond acceptors (Lipinski definition) is 4. The predicted octanol–water partition coefficient (Wildman–Crippen LogP) is -0.228. The van der Waals surface area contributed by atoms with Crippen LogP contribution in [-0.4, -0.2) is 60.6 Å². The number of piperidine rings is 1. The summed E-state index contributed by atoms with van der Waals surface area (Å²) in [6, 6.07) is 0.185.